The Morgan fingerprint density at radius 1 is 1.25 bits per heavy atom. The Labute approximate surface area is 190 Å². The molecular formula is C24H38FN3O4. The van der Waals surface area contributed by atoms with Crippen LogP contribution in [0.4, 0.5) is 9.18 Å². The summed E-state index contributed by atoms with van der Waals surface area (Å²) in [6.45, 7) is 8.62. The minimum absolute atomic E-state index is 0.176. The number of nitrogens with one attached hydrogen (secondary N) is 2. The lowest BCUT2D eigenvalue weighted by Gasteiger charge is -2.28. The second kappa shape index (κ2) is 12.7. The molecule has 7 nitrogen and oxygen atoms in total. The molecule has 1 heterocycles. The number of nitrogens with zero attached hydrogens (tertiary/aromatic N) is 1. The molecule has 180 valence electrons. The largest absolute Gasteiger partial charge is 0.490 e. The van der Waals surface area contributed by atoms with Crippen LogP contribution < -0.4 is 15.4 Å². The highest BCUT2D eigenvalue weighted by molar-refractivity contribution is 5.96. The normalized spacial score (nSPS) is 16.2. The van der Waals surface area contributed by atoms with Crippen molar-refractivity contribution in [2.45, 2.75) is 64.9 Å². The van der Waals surface area contributed by atoms with Gasteiger partial charge < -0.3 is 20.1 Å². The average molecular weight is 452 g/mol. The highest BCUT2D eigenvalue weighted by Gasteiger charge is 2.28. The molecular weight excluding hydrogens is 413 g/mol. The number of halogens is 1. The lowest BCUT2D eigenvalue weighted by Crippen LogP contribution is -2.49. The Balaban J connectivity index is 1.70. The molecule has 0 unspecified atom stereocenters. The van der Waals surface area contributed by atoms with Crippen LogP contribution in [0.5, 0.6) is 5.75 Å². The molecule has 8 heteroatoms. The second-order valence-electron chi connectivity index (χ2n) is 8.92. The summed E-state index contributed by atoms with van der Waals surface area (Å²) in [5.74, 6) is -0.167. The van der Waals surface area contributed by atoms with E-state index in [0.717, 1.165) is 32.2 Å². The maximum Gasteiger partial charge on any atom is 0.324 e. The van der Waals surface area contributed by atoms with Gasteiger partial charge in [0.25, 0.3) is 0 Å². The quantitative estimate of drug-likeness (QED) is 0.376. The third-order valence-electron chi connectivity index (χ3n) is 5.72. The van der Waals surface area contributed by atoms with Crippen LogP contribution in [-0.4, -0.2) is 54.7 Å². The molecule has 0 saturated carbocycles. The number of hydrogen-bond acceptors (Lipinski definition) is 5. The van der Waals surface area contributed by atoms with E-state index in [0.29, 0.717) is 44.6 Å². The number of unbranched alkanes of at least 4 members (excludes halogenated alkanes) is 3. The van der Waals surface area contributed by atoms with Gasteiger partial charge in [0.2, 0.25) is 5.91 Å². The second-order valence-corrected chi connectivity index (χ2v) is 8.92. The molecule has 0 radical (unpaired) electrons. The molecule has 1 atom stereocenters. The molecule has 1 aromatic carbocycles. The maximum atomic E-state index is 14.1. The van der Waals surface area contributed by atoms with Crippen LogP contribution in [0.15, 0.2) is 18.2 Å². The molecule has 0 aliphatic carbocycles. The minimum Gasteiger partial charge on any atom is -0.490 e. The molecule has 1 aromatic rings. The van der Waals surface area contributed by atoms with Crippen LogP contribution in [0.1, 0.15) is 64.9 Å². The fourth-order valence-electron chi connectivity index (χ4n) is 3.60. The van der Waals surface area contributed by atoms with Crippen molar-refractivity contribution in [1.82, 2.24) is 15.5 Å². The van der Waals surface area contributed by atoms with Crippen molar-refractivity contribution in [3.05, 3.63) is 29.6 Å². The predicted molar refractivity (Wildman–Crippen MR) is 122 cm³/mol. The standard InChI is InChI=1S/C24H38FN3O4/c1-4-24(31,19-9-10-20(25)21(15-19)32-16-18(2)3)17-26-12-7-5-6-8-13-28-14-11-22(29)27-23(28)30/h9-10,15,18,26,31H,4-8,11-14,16-17H2,1-3H3,(H,27,29,30)/t24-/m1/s1. The summed E-state index contributed by atoms with van der Waals surface area (Å²) in [6, 6.07) is 4.28. The van der Waals surface area contributed by atoms with Crippen molar-refractivity contribution in [2.75, 3.05) is 32.8 Å². The molecule has 1 aliphatic heterocycles. The number of hydrogen-bond donors (Lipinski definition) is 3. The molecule has 0 aromatic heterocycles. The average Bonchev–Trinajstić information content (AvgIpc) is 2.76. The van der Waals surface area contributed by atoms with Gasteiger partial charge in [-0.15, -0.1) is 0 Å². The van der Waals surface area contributed by atoms with E-state index in [9.17, 15) is 19.1 Å². The Kier molecular flexibility index (Phi) is 10.4. The SMILES string of the molecule is CC[C@@](O)(CNCCCCCCN1CCC(=O)NC1=O)c1ccc(F)c(OCC(C)C)c1. The molecule has 1 aliphatic rings. The first-order chi connectivity index (χ1) is 15.2. The van der Waals surface area contributed by atoms with E-state index >= 15 is 0 Å². The Bertz CT molecular complexity index is 759. The van der Waals surface area contributed by atoms with Gasteiger partial charge in [-0.1, -0.05) is 39.7 Å². The van der Waals surface area contributed by atoms with Gasteiger partial charge in [0.15, 0.2) is 11.6 Å². The van der Waals surface area contributed by atoms with Gasteiger partial charge in [-0.3, -0.25) is 10.1 Å². The van der Waals surface area contributed by atoms with Crippen LogP contribution >= 0.6 is 0 Å². The molecule has 1 saturated heterocycles. The fraction of sp³-hybridized carbons (Fsp3) is 0.667. The number of rotatable bonds is 14. The van der Waals surface area contributed by atoms with Crippen molar-refractivity contribution in [1.29, 1.82) is 0 Å². The Morgan fingerprint density at radius 3 is 2.69 bits per heavy atom. The van der Waals surface area contributed by atoms with E-state index in [1.165, 1.54) is 6.07 Å². The molecule has 0 spiro atoms. The molecule has 3 N–H and O–H groups in total. The number of amides is 3. The molecule has 2 rings (SSSR count). The number of urea groups is 1. The van der Waals surface area contributed by atoms with Crippen LogP contribution in [0.25, 0.3) is 0 Å². The van der Waals surface area contributed by atoms with Crippen molar-refractivity contribution in [3.63, 3.8) is 0 Å². The number of carbonyl (C=O) groups is 2. The highest BCUT2D eigenvalue weighted by atomic mass is 19.1. The first-order valence-electron chi connectivity index (χ1n) is 11.7. The van der Waals surface area contributed by atoms with Crippen LogP contribution in [0.3, 0.4) is 0 Å². The first kappa shape index (κ1) is 26.1. The summed E-state index contributed by atoms with van der Waals surface area (Å²) in [5, 5.41) is 16.8. The smallest absolute Gasteiger partial charge is 0.324 e. The maximum absolute atomic E-state index is 14.1. The van der Waals surface area contributed by atoms with Gasteiger partial charge >= 0.3 is 6.03 Å². The predicted octanol–water partition coefficient (Wildman–Crippen LogP) is 3.55. The van der Waals surface area contributed by atoms with E-state index in [2.05, 4.69) is 10.6 Å². The summed E-state index contributed by atoms with van der Waals surface area (Å²) in [6.07, 6.45) is 4.72. The number of carbonyl (C=O) groups excluding carboxylic acids is 2. The number of aliphatic hydroxyl groups is 1. The van der Waals surface area contributed by atoms with E-state index < -0.39 is 11.4 Å². The first-order valence-corrected chi connectivity index (χ1v) is 11.7. The van der Waals surface area contributed by atoms with Crippen LogP contribution in [-0.2, 0) is 10.4 Å². The number of ether oxygens (including phenoxy) is 1. The Morgan fingerprint density at radius 2 is 2.00 bits per heavy atom. The summed E-state index contributed by atoms with van der Waals surface area (Å²) in [4.78, 5) is 24.5. The number of imide groups is 1. The fourth-order valence-corrected chi connectivity index (χ4v) is 3.60. The zero-order chi connectivity index (χ0) is 23.6. The topological polar surface area (TPSA) is 90.9 Å². The highest BCUT2D eigenvalue weighted by Crippen LogP contribution is 2.29. The van der Waals surface area contributed by atoms with Gasteiger partial charge in [0, 0.05) is 26.1 Å². The van der Waals surface area contributed by atoms with Gasteiger partial charge in [0.05, 0.1) is 6.61 Å². The summed E-state index contributed by atoms with van der Waals surface area (Å²) >= 11 is 0. The van der Waals surface area contributed by atoms with Gasteiger partial charge in [-0.25, -0.2) is 9.18 Å². The third kappa shape index (κ3) is 8.06. The third-order valence-corrected chi connectivity index (χ3v) is 5.72. The molecule has 32 heavy (non-hydrogen) atoms. The lowest BCUT2D eigenvalue weighted by molar-refractivity contribution is -0.121. The van der Waals surface area contributed by atoms with Crippen LogP contribution in [0, 0.1) is 11.7 Å². The Hall–Kier alpha value is -2.19. The van der Waals surface area contributed by atoms with Gasteiger partial charge in [-0.2, -0.15) is 0 Å². The summed E-state index contributed by atoms with van der Waals surface area (Å²) in [5.41, 5.74) is -0.450. The van der Waals surface area contributed by atoms with E-state index in [1.54, 1.807) is 17.0 Å². The monoisotopic (exact) mass is 451 g/mol. The molecule has 1 fully saturated rings. The van der Waals surface area contributed by atoms with Crippen molar-refractivity contribution >= 4 is 11.9 Å². The summed E-state index contributed by atoms with van der Waals surface area (Å²) in [7, 11) is 0. The molecule has 3 amide bonds. The van der Waals surface area contributed by atoms with E-state index in [1.807, 2.05) is 20.8 Å². The minimum atomic E-state index is -1.09. The zero-order valence-corrected chi connectivity index (χ0v) is 19.6. The number of benzene rings is 1. The van der Waals surface area contributed by atoms with Crippen LogP contribution in [0.2, 0.25) is 0 Å². The van der Waals surface area contributed by atoms with Gasteiger partial charge in [-0.05, 0) is 49.4 Å². The van der Waals surface area contributed by atoms with E-state index in [4.69, 9.17) is 4.74 Å². The van der Waals surface area contributed by atoms with Crippen molar-refractivity contribution in [2.24, 2.45) is 5.92 Å². The zero-order valence-electron chi connectivity index (χ0n) is 19.6. The van der Waals surface area contributed by atoms with Crippen molar-refractivity contribution < 1.29 is 23.8 Å². The van der Waals surface area contributed by atoms with Gasteiger partial charge in [0.1, 0.15) is 5.60 Å². The molecule has 0 bridgehead atoms. The lowest BCUT2D eigenvalue weighted by atomic mass is 9.90. The van der Waals surface area contributed by atoms with E-state index in [-0.39, 0.29) is 23.6 Å². The van der Waals surface area contributed by atoms with Crippen molar-refractivity contribution in [3.8, 4) is 5.75 Å². The summed E-state index contributed by atoms with van der Waals surface area (Å²) < 4.78 is 19.6.